The van der Waals surface area contributed by atoms with Gasteiger partial charge in [-0.3, -0.25) is 0 Å². The van der Waals surface area contributed by atoms with Crippen molar-refractivity contribution in [2.75, 3.05) is 14.2 Å². The highest BCUT2D eigenvalue weighted by Gasteiger charge is 2.18. The maximum atomic E-state index is 13.6. The zero-order valence-electron chi connectivity index (χ0n) is 11.7. The van der Waals surface area contributed by atoms with E-state index in [1.165, 1.54) is 6.07 Å². The minimum absolute atomic E-state index is 0.153. The highest BCUT2D eigenvalue weighted by Crippen LogP contribution is 2.31. The fourth-order valence-corrected chi connectivity index (χ4v) is 2.56. The molecule has 0 fully saturated rings. The monoisotopic (exact) mass is 293 g/mol. The van der Waals surface area contributed by atoms with E-state index in [0.29, 0.717) is 0 Å². The standard InChI is InChI=1S/C16H17ClFNO/c1-10-9-11(7-8-14(10)20-3)16(19-2)12-5-4-6-13(18)15(12)17/h4-9,16,19H,1-3H3. The molecule has 4 heteroatoms. The lowest BCUT2D eigenvalue weighted by Gasteiger charge is -2.20. The smallest absolute Gasteiger partial charge is 0.142 e. The van der Waals surface area contributed by atoms with Gasteiger partial charge in [-0.15, -0.1) is 0 Å². The van der Waals surface area contributed by atoms with Crippen LogP contribution in [0.3, 0.4) is 0 Å². The maximum absolute atomic E-state index is 13.6. The van der Waals surface area contributed by atoms with Crippen molar-refractivity contribution in [2.24, 2.45) is 0 Å². The summed E-state index contributed by atoms with van der Waals surface area (Å²) in [5, 5.41) is 3.33. The van der Waals surface area contributed by atoms with Crippen molar-refractivity contribution in [2.45, 2.75) is 13.0 Å². The summed E-state index contributed by atoms with van der Waals surface area (Å²) in [7, 11) is 3.46. The highest BCUT2D eigenvalue weighted by atomic mass is 35.5. The Labute approximate surface area is 123 Å². The van der Waals surface area contributed by atoms with Gasteiger partial charge in [-0.25, -0.2) is 4.39 Å². The van der Waals surface area contributed by atoms with Crippen LogP contribution in [-0.2, 0) is 0 Å². The van der Waals surface area contributed by atoms with Crippen LogP contribution in [0.25, 0.3) is 0 Å². The van der Waals surface area contributed by atoms with Gasteiger partial charge in [-0.05, 0) is 42.8 Å². The van der Waals surface area contributed by atoms with Crippen LogP contribution in [0.5, 0.6) is 5.75 Å². The van der Waals surface area contributed by atoms with Crippen molar-refractivity contribution < 1.29 is 9.13 Å². The third kappa shape index (κ3) is 2.79. The van der Waals surface area contributed by atoms with Crippen LogP contribution < -0.4 is 10.1 Å². The Bertz CT molecular complexity index is 615. The predicted octanol–water partition coefficient (Wildman–Crippen LogP) is 4.10. The summed E-state index contributed by atoms with van der Waals surface area (Å²) >= 11 is 6.08. The Hall–Kier alpha value is -1.58. The van der Waals surface area contributed by atoms with Gasteiger partial charge in [-0.1, -0.05) is 35.9 Å². The predicted molar refractivity (Wildman–Crippen MR) is 80.0 cm³/mol. The van der Waals surface area contributed by atoms with E-state index in [-0.39, 0.29) is 11.1 Å². The van der Waals surface area contributed by atoms with Crippen molar-refractivity contribution in [3.8, 4) is 5.75 Å². The second kappa shape index (κ2) is 6.25. The molecule has 106 valence electrons. The van der Waals surface area contributed by atoms with E-state index >= 15 is 0 Å². The summed E-state index contributed by atoms with van der Waals surface area (Å²) in [4.78, 5) is 0. The first-order valence-corrected chi connectivity index (χ1v) is 6.72. The average Bonchev–Trinajstić information content (AvgIpc) is 2.44. The Morgan fingerprint density at radius 2 is 2.00 bits per heavy atom. The molecule has 0 spiro atoms. The van der Waals surface area contributed by atoms with Gasteiger partial charge in [0.25, 0.3) is 0 Å². The molecule has 0 aliphatic rings. The molecule has 0 aliphatic carbocycles. The Kier molecular flexibility index (Phi) is 4.63. The lowest BCUT2D eigenvalue weighted by Crippen LogP contribution is -2.18. The molecule has 2 aromatic rings. The quantitative estimate of drug-likeness (QED) is 0.916. The van der Waals surface area contributed by atoms with Gasteiger partial charge in [-0.2, -0.15) is 0 Å². The molecule has 2 rings (SSSR count). The number of hydrogen-bond donors (Lipinski definition) is 1. The first-order chi connectivity index (χ1) is 9.58. The number of hydrogen-bond acceptors (Lipinski definition) is 2. The van der Waals surface area contributed by atoms with Crippen molar-refractivity contribution in [1.29, 1.82) is 0 Å². The van der Waals surface area contributed by atoms with Crippen molar-refractivity contribution >= 4 is 11.6 Å². The van der Waals surface area contributed by atoms with Crippen LogP contribution in [0, 0.1) is 12.7 Å². The molecule has 0 heterocycles. The molecule has 1 unspecified atom stereocenters. The zero-order chi connectivity index (χ0) is 14.7. The van der Waals surface area contributed by atoms with Gasteiger partial charge in [0.15, 0.2) is 0 Å². The molecule has 2 aromatic carbocycles. The number of nitrogens with one attached hydrogen (secondary N) is 1. The molecule has 0 aromatic heterocycles. The molecule has 0 radical (unpaired) electrons. The summed E-state index contributed by atoms with van der Waals surface area (Å²) in [6.45, 7) is 1.97. The molecular formula is C16H17ClFNO. The second-order valence-corrected chi connectivity index (χ2v) is 4.97. The fraction of sp³-hybridized carbons (Fsp3) is 0.250. The van der Waals surface area contributed by atoms with Crippen LogP contribution >= 0.6 is 11.6 Å². The zero-order valence-corrected chi connectivity index (χ0v) is 12.5. The Morgan fingerprint density at radius 3 is 2.60 bits per heavy atom. The summed E-state index contributed by atoms with van der Waals surface area (Å²) < 4.78 is 18.9. The molecule has 20 heavy (non-hydrogen) atoms. The van der Waals surface area contributed by atoms with Gasteiger partial charge >= 0.3 is 0 Å². The molecule has 0 bridgehead atoms. The molecule has 1 N–H and O–H groups in total. The minimum Gasteiger partial charge on any atom is -0.496 e. The first kappa shape index (κ1) is 14.8. The van der Waals surface area contributed by atoms with E-state index in [1.54, 1.807) is 13.2 Å². The van der Waals surface area contributed by atoms with Gasteiger partial charge in [0.1, 0.15) is 11.6 Å². The first-order valence-electron chi connectivity index (χ1n) is 6.34. The molecule has 0 amide bonds. The third-order valence-electron chi connectivity index (χ3n) is 3.33. The maximum Gasteiger partial charge on any atom is 0.142 e. The van der Waals surface area contributed by atoms with E-state index < -0.39 is 5.82 Å². The van der Waals surface area contributed by atoms with Crippen LogP contribution in [0.4, 0.5) is 4.39 Å². The molecule has 0 aliphatic heterocycles. The van der Waals surface area contributed by atoms with E-state index in [1.807, 2.05) is 38.2 Å². The van der Waals surface area contributed by atoms with Crippen LogP contribution in [0.15, 0.2) is 36.4 Å². The van der Waals surface area contributed by atoms with Gasteiger partial charge in [0.2, 0.25) is 0 Å². The lowest BCUT2D eigenvalue weighted by molar-refractivity contribution is 0.411. The molecular weight excluding hydrogens is 277 g/mol. The summed E-state index contributed by atoms with van der Waals surface area (Å²) in [5.74, 6) is 0.420. The van der Waals surface area contributed by atoms with E-state index in [9.17, 15) is 4.39 Å². The van der Waals surface area contributed by atoms with Crippen LogP contribution in [-0.4, -0.2) is 14.2 Å². The molecule has 0 saturated carbocycles. The van der Waals surface area contributed by atoms with Crippen LogP contribution in [0.1, 0.15) is 22.7 Å². The highest BCUT2D eigenvalue weighted by molar-refractivity contribution is 6.31. The largest absolute Gasteiger partial charge is 0.496 e. The van der Waals surface area contributed by atoms with Crippen molar-refractivity contribution in [3.63, 3.8) is 0 Å². The lowest BCUT2D eigenvalue weighted by atomic mass is 9.97. The molecule has 2 nitrogen and oxygen atoms in total. The minimum atomic E-state index is -0.408. The average molecular weight is 294 g/mol. The van der Waals surface area contributed by atoms with E-state index in [2.05, 4.69) is 5.32 Å². The van der Waals surface area contributed by atoms with Gasteiger partial charge in [0, 0.05) is 0 Å². The third-order valence-corrected chi connectivity index (χ3v) is 3.73. The summed E-state index contributed by atoms with van der Waals surface area (Å²) in [6, 6.07) is 10.6. The SMILES string of the molecule is CNC(c1ccc(OC)c(C)c1)c1cccc(F)c1Cl. The Morgan fingerprint density at radius 1 is 1.25 bits per heavy atom. The Balaban J connectivity index is 2.47. The van der Waals surface area contributed by atoms with Crippen LogP contribution in [0.2, 0.25) is 5.02 Å². The fourth-order valence-electron chi connectivity index (χ4n) is 2.33. The number of halogens is 2. The summed E-state index contributed by atoms with van der Waals surface area (Å²) in [6.07, 6.45) is 0. The number of methoxy groups -OCH3 is 1. The topological polar surface area (TPSA) is 21.3 Å². The molecule has 1 atom stereocenters. The van der Waals surface area contributed by atoms with E-state index in [0.717, 1.165) is 22.4 Å². The number of ether oxygens (including phenoxy) is 1. The number of rotatable bonds is 4. The van der Waals surface area contributed by atoms with Gasteiger partial charge < -0.3 is 10.1 Å². The van der Waals surface area contributed by atoms with E-state index in [4.69, 9.17) is 16.3 Å². The second-order valence-electron chi connectivity index (χ2n) is 4.59. The number of benzene rings is 2. The number of aryl methyl sites for hydroxylation is 1. The van der Waals surface area contributed by atoms with Crippen molar-refractivity contribution in [3.05, 3.63) is 63.9 Å². The van der Waals surface area contributed by atoms with Gasteiger partial charge in [0.05, 0.1) is 18.2 Å². The normalized spacial score (nSPS) is 12.2. The molecule has 0 saturated heterocycles. The van der Waals surface area contributed by atoms with Crippen molar-refractivity contribution in [1.82, 2.24) is 5.32 Å². The summed E-state index contributed by atoms with van der Waals surface area (Å²) in [5.41, 5.74) is 2.76.